The first-order valence-corrected chi connectivity index (χ1v) is 7.86. The summed E-state index contributed by atoms with van der Waals surface area (Å²) in [6, 6.07) is 10.1. The number of aryl methyl sites for hydroxylation is 2. The smallest absolute Gasteiger partial charge is 0.271 e. The molecule has 0 aromatic heterocycles. The van der Waals surface area contributed by atoms with Crippen molar-refractivity contribution >= 4 is 29.0 Å². The molecule has 0 fully saturated rings. The standard InChI is InChI=1S/C16H16N2O3S/c1-10-5-7-13(22-3)9-14(10)16(19)17-15-8-12(18(20)21)6-4-11(15)2/h4-9H,1-3H3,(H,17,19). The van der Waals surface area contributed by atoms with Gasteiger partial charge in [0.2, 0.25) is 0 Å². The van der Waals surface area contributed by atoms with E-state index in [9.17, 15) is 14.9 Å². The van der Waals surface area contributed by atoms with Crippen LogP contribution in [-0.4, -0.2) is 17.1 Å². The Kier molecular flexibility index (Phi) is 4.82. The van der Waals surface area contributed by atoms with Gasteiger partial charge in [0, 0.05) is 22.6 Å². The third-order valence-corrected chi connectivity index (χ3v) is 4.09. The lowest BCUT2D eigenvalue weighted by Crippen LogP contribution is -2.14. The molecule has 2 aromatic rings. The number of anilines is 1. The molecule has 0 atom stereocenters. The van der Waals surface area contributed by atoms with E-state index in [1.807, 2.05) is 31.4 Å². The summed E-state index contributed by atoms with van der Waals surface area (Å²) in [7, 11) is 0. The first kappa shape index (κ1) is 16.0. The van der Waals surface area contributed by atoms with Crippen LogP contribution in [-0.2, 0) is 0 Å². The molecule has 0 aliphatic rings. The molecule has 0 unspecified atom stereocenters. The van der Waals surface area contributed by atoms with Crippen LogP contribution in [0.2, 0.25) is 0 Å². The Hall–Kier alpha value is -2.34. The number of benzene rings is 2. The Labute approximate surface area is 132 Å². The summed E-state index contributed by atoms with van der Waals surface area (Å²) >= 11 is 1.56. The van der Waals surface area contributed by atoms with Crippen molar-refractivity contribution in [2.45, 2.75) is 18.7 Å². The maximum Gasteiger partial charge on any atom is 0.271 e. The fourth-order valence-corrected chi connectivity index (χ4v) is 2.46. The SMILES string of the molecule is CSc1ccc(C)c(C(=O)Nc2cc([N+](=O)[O-])ccc2C)c1. The van der Waals surface area contributed by atoms with Gasteiger partial charge in [0.25, 0.3) is 11.6 Å². The first-order valence-electron chi connectivity index (χ1n) is 6.63. The number of nitrogens with one attached hydrogen (secondary N) is 1. The Morgan fingerprint density at radius 1 is 1.14 bits per heavy atom. The third kappa shape index (κ3) is 3.46. The van der Waals surface area contributed by atoms with Gasteiger partial charge in [0.15, 0.2) is 0 Å². The zero-order valence-corrected chi connectivity index (χ0v) is 13.4. The number of nitro groups is 1. The van der Waals surface area contributed by atoms with E-state index in [2.05, 4.69) is 5.32 Å². The molecule has 0 aliphatic heterocycles. The van der Waals surface area contributed by atoms with Gasteiger partial charge in [0.05, 0.1) is 10.6 Å². The highest BCUT2D eigenvalue weighted by atomic mass is 32.2. The van der Waals surface area contributed by atoms with Gasteiger partial charge in [-0.2, -0.15) is 0 Å². The van der Waals surface area contributed by atoms with Crippen LogP contribution in [0.15, 0.2) is 41.3 Å². The second-order valence-corrected chi connectivity index (χ2v) is 5.77. The summed E-state index contributed by atoms with van der Waals surface area (Å²) in [5.41, 5.74) is 2.61. The van der Waals surface area contributed by atoms with Crippen LogP contribution in [0.1, 0.15) is 21.5 Å². The predicted octanol–water partition coefficient (Wildman–Crippen LogP) is 4.19. The van der Waals surface area contributed by atoms with E-state index in [-0.39, 0.29) is 11.6 Å². The van der Waals surface area contributed by atoms with Crippen LogP contribution in [0.4, 0.5) is 11.4 Å². The Bertz CT molecular complexity index is 744. The largest absolute Gasteiger partial charge is 0.321 e. The van der Waals surface area contributed by atoms with E-state index in [0.29, 0.717) is 11.3 Å². The van der Waals surface area contributed by atoms with Gasteiger partial charge in [-0.1, -0.05) is 12.1 Å². The van der Waals surface area contributed by atoms with E-state index in [0.717, 1.165) is 16.0 Å². The summed E-state index contributed by atoms with van der Waals surface area (Å²) in [5, 5.41) is 13.6. The number of rotatable bonds is 4. The highest BCUT2D eigenvalue weighted by Crippen LogP contribution is 2.24. The summed E-state index contributed by atoms with van der Waals surface area (Å²) in [6.45, 7) is 3.66. The number of hydrogen-bond acceptors (Lipinski definition) is 4. The molecule has 1 N–H and O–H groups in total. The molecule has 0 radical (unpaired) electrons. The number of nitro benzene ring substituents is 1. The first-order chi connectivity index (χ1) is 10.4. The van der Waals surface area contributed by atoms with Gasteiger partial charge in [-0.3, -0.25) is 14.9 Å². The van der Waals surface area contributed by atoms with Crippen molar-refractivity contribution in [2.75, 3.05) is 11.6 Å². The van der Waals surface area contributed by atoms with Gasteiger partial charge in [-0.25, -0.2) is 0 Å². The molecule has 6 heteroatoms. The number of nitrogens with zero attached hydrogens (tertiary/aromatic N) is 1. The van der Waals surface area contributed by atoms with Crippen molar-refractivity contribution in [1.29, 1.82) is 0 Å². The predicted molar refractivity (Wildman–Crippen MR) is 88.7 cm³/mol. The van der Waals surface area contributed by atoms with Gasteiger partial charge in [-0.15, -0.1) is 11.8 Å². The van der Waals surface area contributed by atoms with Crippen LogP contribution >= 0.6 is 11.8 Å². The lowest BCUT2D eigenvalue weighted by Gasteiger charge is -2.11. The third-order valence-electron chi connectivity index (χ3n) is 3.37. The van der Waals surface area contributed by atoms with E-state index in [1.165, 1.54) is 12.1 Å². The molecule has 1 amide bonds. The fraction of sp³-hybridized carbons (Fsp3) is 0.188. The molecule has 0 heterocycles. The van der Waals surface area contributed by atoms with Gasteiger partial charge < -0.3 is 5.32 Å². The van der Waals surface area contributed by atoms with E-state index >= 15 is 0 Å². The molecule has 22 heavy (non-hydrogen) atoms. The van der Waals surface area contributed by atoms with E-state index < -0.39 is 4.92 Å². The molecule has 0 bridgehead atoms. The Morgan fingerprint density at radius 2 is 1.82 bits per heavy atom. The fourth-order valence-electron chi connectivity index (χ4n) is 2.02. The number of thioether (sulfide) groups is 1. The lowest BCUT2D eigenvalue weighted by atomic mass is 10.1. The van der Waals surface area contributed by atoms with Crippen LogP contribution in [0.25, 0.3) is 0 Å². The molecule has 0 spiro atoms. The number of amides is 1. The monoisotopic (exact) mass is 316 g/mol. The second kappa shape index (κ2) is 6.62. The molecule has 2 aromatic carbocycles. The van der Waals surface area contributed by atoms with E-state index in [1.54, 1.807) is 24.8 Å². The number of carbonyl (C=O) groups excluding carboxylic acids is 1. The van der Waals surface area contributed by atoms with Crippen molar-refractivity contribution in [3.8, 4) is 0 Å². The number of carbonyl (C=O) groups is 1. The van der Waals surface area contributed by atoms with Gasteiger partial charge in [-0.05, 0) is 43.4 Å². The quantitative estimate of drug-likeness (QED) is 0.521. The van der Waals surface area contributed by atoms with Crippen molar-refractivity contribution in [2.24, 2.45) is 0 Å². The lowest BCUT2D eigenvalue weighted by molar-refractivity contribution is -0.384. The van der Waals surface area contributed by atoms with Crippen molar-refractivity contribution < 1.29 is 9.72 Å². The normalized spacial score (nSPS) is 10.3. The van der Waals surface area contributed by atoms with Crippen LogP contribution in [0, 0.1) is 24.0 Å². The zero-order chi connectivity index (χ0) is 16.3. The molecule has 0 saturated carbocycles. The topological polar surface area (TPSA) is 72.2 Å². The minimum atomic E-state index is -0.477. The van der Waals surface area contributed by atoms with Crippen LogP contribution in [0.3, 0.4) is 0 Å². The summed E-state index contributed by atoms with van der Waals surface area (Å²) in [4.78, 5) is 23.8. The molecule has 0 saturated heterocycles. The van der Waals surface area contributed by atoms with Crippen molar-refractivity contribution in [1.82, 2.24) is 0 Å². The van der Waals surface area contributed by atoms with Gasteiger partial charge >= 0.3 is 0 Å². The van der Waals surface area contributed by atoms with Gasteiger partial charge in [0.1, 0.15) is 0 Å². The molecular formula is C16H16N2O3S. The number of hydrogen-bond donors (Lipinski definition) is 1. The molecule has 0 aliphatic carbocycles. The Balaban J connectivity index is 2.33. The molecule has 5 nitrogen and oxygen atoms in total. The molecule has 114 valence electrons. The number of non-ortho nitro benzene ring substituents is 1. The molecule has 2 rings (SSSR count). The average molecular weight is 316 g/mol. The highest BCUT2D eigenvalue weighted by molar-refractivity contribution is 7.98. The van der Waals surface area contributed by atoms with Crippen LogP contribution in [0.5, 0.6) is 0 Å². The Morgan fingerprint density at radius 3 is 2.45 bits per heavy atom. The highest BCUT2D eigenvalue weighted by Gasteiger charge is 2.14. The summed E-state index contributed by atoms with van der Waals surface area (Å²) < 4.78 is 0. The van der Waals surface area contributed by atoms with Crippen LogP contribution < -0.4 is 5.32 Å². The minimum Gasteiger partial charge on any atom is -0.321 e. The summed E-state index contributed by atoms with van der Waals surface area (Å²) in [5.74, 6) is -0.267. The molecular weight excluding hydrogens is 300 g/mol. The van der Waals surface area contributed by atoms with E-state index in [4.69, 9.17) is 0 Å². The minimum absolute atomic E-state index is 0.0458. The second-order valence-electron chi connectivity index (χ2n) is 4.89. The average Bonchev–Trinajstić information content (AvgIpc) is 2.49. The maximum atomic E-state index is 12.4. The van der Waals surface area contributed by atoms with Crippen molar-refractivity contribution in [3.05, 3.63) is 63.2 Å². The summed E-state index contributed by atoms with van der Waals surface area (Å²) in [6.07, 6.45) is 1.94. The van der Waals surface area contributed by atoms with Crippen molar-refractivity contribution in [3.63, 3.8) is 0 Å². The zero-order valence-electron chi connectivity index (χ0n) is 12.5. The maximum absolute atomic E-state index is 12.4.